The first-order chi connectivity index (χ1) is 16.7. The SMILES string of the molecule is O=C1c2c(nc(COc3ccc(Cl)cc3)n2Cc2ccccc2)NCCN1CC1CCOCC1. The number of halogens is 1. The molecule has 0 spiro atoms. The second kappa shape index (κ2) is 10.5. The number of nitrogens with one attached hydrogen (secondary N) is 1. The van der Waals surface area contributed by atoms with Crippen molar-refractivity contribution in [2.75, 3.05) is 38.2 Å². The molecule has 1 amide bonds. The van der Waals surface area contributed by atoms with E-state index < -0.39 is 0 Å². The average Bonchev–Trinajstić information content (AvgIpc) is 3.12. The Labute approximate surface area is 204 Å². The largest absolute Gasteiger partial charge is 0.486 e. The zero-order valence-electron chi connectivity index (χ0n) is 19.1. The van der Waals surface area contributed by atoms with Gasteiger partial charge < -0.3 is 24.3 Å². The molecule has 0 saturated carbocycles. The van der Waals surface area contributed by atoms with Gasteiger partial charge in [-0.3, -0.25) is 4.79 Å². The number of imidazole rings is 1. The van der Waals surface area contributed by atoms with E-state index in [-0.39, 0.29) is 12.5 Å². The lowest BCUT2D eigenvalue weighted by atomic mass is 9.99. The highest BCUT2D eigenvalue weighted by molar-refractivity contribution is 6.30. The predicted molar refractivity (Wildman–Crippen MR) is 131 cm³/mol. The summed E-state index contributed by atoms with van der Waals surface area (Å²) in [4.78, 5) is 20.6. The highest BCUT2D eigenvalue weighted by Crippen LogP contribution is 2.26. The Morgan fingerprint density at radius 1 is 1.09 bits per heavy atom. The summed E-state index contributed by atoms with van der Waals surface area (Å²) in [6.07, 6.45) is 1.99. The smallest absolute Gasteiger partial charge is 0.274 e. The number of hydrogen-bond donors (Lipinski definition) is 1. The average molecular weight is 481 g/mol. The molecular weight excluding hydrogens is 452 g/mol. The molecule has 1 aromatic heterocycles. The van der Waals surface area contributed by atoms with Gasteiger partial charge >= 0.3 is 0 Å². The number of ether oxygens (including phenoxy) is 2. The second-order valence-electron chi connectivity index (χ2n) is 8.77. The van der Waals surface area contributed by atoms with Gasteiger partial charge in [0.05, 0.1) is 0 Å². The molecule has 1 N–H and O–H groups in total. The summed E-state index contributed by atoms with van der Waals surface area (Å²) in [5.74, 6) is 2.53. The number of amides is 1. The summed E-state index contributed by atoms with van der Waals surface area (Å²) in [6.45, 7) is 4.41. The molecule has 3 heterocycles. The van der Waals surface area contributed by atoms with Crippen LogP contribution in [0.1, 0.15) is 34.7 Å². The first-order valence-corrected chi connectivity index (χ1v) is 12.2. The molecular formula is C26H29ClN4O3. The van der Waals surface area contributed by atoms with Gasteiger partial charge in [-0.05, 0) is 48.6 Å². The Bertz CT molecular complexity index is 1110. The van der Waals surface area contributed by atoms with Crippen molar-refractivity contribution in [2.45, 2.75) is 26.0 Å². The summed E-state index contributed by atoms with van der Waals surface area (Å²) in [6, 6.07) is 17.4. The van der Waals surface area contributed by atoms with Gasteiger partial charge in [0.1, 0.15) is 18.2 Å². The van der Waals surface area contributed by atoms with Crippen molar-refractivity contribution < 1.29 is 14.3 Å². The highest BCUT2D eigenvalue weighted by atomic mass is 35.5. The van der Waals surface area contributed by atoms with E-state index in [1.165, 1.54) is 0 Å². The summed E-state index contributed by atoms with van der Waals surface area (Å²) in [5, 5.41) is 4.04. The van der Waals surface area contributed by atoms with Gasteiger partial charge in [0, 0.05) is 44.4 Å². The number of fused-ring (bicyclic) bond motifs is 1. The van der Waals surface area contributed by atoms with E-state index in [0.29, 0.717) is 53.7 Å². The zero-order chi connectivity index (χ0) is 23.3. The standard InChI is InChI=1S/C26H29ClN4O3/c27-21-6-8-22(9-7-21)34-18-23-29-25-24(31(23)17-19-4-2-1-3-5-19)26(32)30(13-12-28-25)16-20-10-14-33-15-11-20/h1-9,20,28H,10-18H2. The minimum atomic E-state index is 0.0210. The van der Waals surface area contributed by atoms with E-state index in [0.717, 1.165) is 38.2 Å². The van der Waals surface area contributed by atoms with E-state index in [1.54, 1.807) is 12.1 Å². The lowest BCUT2D eigenvalue weighted by Gasteiger charge is -2.29. The summed E-state index contributed by atoms with van der Waals surface area (Å²) in [5.41, 5.74) is 1.70. The molecule has 2 aliphatic rings. The van der Waals surface area contributed by atoms with Gasteiger partial charge in [-0.25, -0.2) is 4.98 Å². The number of carbonyl (C=O) groups is 1. The van der Waals surface area contributed by atoms with Crippen LogP contribution in [0.25, 0.3) is 0 Å². The van der Waals surface area contributed by atoms with Crippen LogP contribution in [-0.2, 0) is 17.9 Å². The Morgan fingerprint density at radius 2 is 1.85 bits per heavy atom. The molecule has 34 heavy (non-hydrogen) atoms. The fourth-order valence-corrected chi connectivity index (χ4v) is 4.67. The molecule has 8 heteroatoms. The van der Waals surface area contributed by atoms with E-state index >= 15 is 0 Å². The molecule has 0 radical (unpaired) electrons. The van der Waals surface area contributed by atoms with Gasteiger partial charge in [-0.15, -0.1) is 0 Å². The predicted octanol–water partition coefficient (Wildman–Crippen LogP) is 4.46. The first kappa shape index (κ1) is 22.7. The van der Waals surface area contributed by atoms with Crippen LogP contribution in [0.5, 0.6) is 5.75 Å². The Hall–Kier alpha value is -3.03. The molecule has 0 bridgehead atoms. The summed E-state index contributed by atoms with van der Waals surface area (Å²) < 4.78 is 13.5. The third-order valence-electron chi connectivity index (χ3n) is 6.40. The third kappa shape index (κ3) is 5.21. The quantitative estimate of drug-likeness (QED) is 0.540. The lowest BCUT2D eigenvalue weighted by Crippen LogP contribution is -2.39. The van der Waals surface area contributed by atoms with Crippen LogP contribution in [0.3, 0.4) is 0 Å². The lowest BCUT2D eigenvalue weighted by molar-refractivity contribution is 0.0463. The van der Waals surface area contributed by atoms with E-state index in [2.05, 4.69) is 17.4 Å². The maximum Gasteiger partial charge on any atom is 0.274 e. The van der Waals surface area contributed by atoms with Gasteiger partial charge in [0.15, 0.2) is 11.5 Å². The number of hydrogen-bond acceptors (Lipinski definition) is 5. The molecule has 7 nitrogen and oxygen atoms in total. The number of aromatic nitrogens is 2. The van der Waals surface area contributed by atoms with Crippen molar-refractivity contribution >= 4 is 23.3 Å². The second-order valence-corrected chi connectivity index (χ2v) is 9.21. The number of rotatable bonds is 7. The van der Waals surface area contributed by atoms with Gasteiger partial charge in [-0.1, -0.05) is 41.9 Å². The molecule has 5 rings (SSSR count). The maximum atomic E-state index is 13.8. The van der Waals surface area contributed by atoms with Crippen LogP contribution in [0.4, 0.5) is 5.82 Å². The number of carbonyl (C=O) groups excluding carboxylic acids is 1. The van der Waals surface area contributed by atoms with Crippen LogP contribution >= 0.6 is 11.6 Å². The molecule has 2 aliphatic heterocycles. The van der Waals surface area contributed by atoms with Crippen molar-refractivity contribution in [3.8, 4) is 5.75 Å². The van der Waals surface area contributed by atoms with Crippen molar-refractivity contribution in [3.05, 3.63) is 76.7 Å². The van der Waals surface area contributed by atoms with Crippen LogP contribution in [0.2, 0.25) is 5.02 Å². The van der Waals surface area contributed by atoms with Crippen LogP contribution in [0.15, 0.2) is 54.6 Å². The van der Waals surface area contributed by atoms with Crippen molar-refractivity contribution in [1.29, 1.82) is 0 Å². The highest BCUT2D eigenvalue weighted by Gasteiger charge is 2.31. The minimum Gasteiger partial charge on any atom is -0.486 e. The molecule has 2 aromatic carbocycles. The van der Waals surface area contributed by atoms with E-state index in [9.17, 15) is 4.79 Å². The fraction of sp³-hybridized carbons (Fsp3) is 0.385. The summed E-state index contributed by atoms with van der Waals surface area (Å²) >= 11 is 6.00. The van der Waals surface area contributed by atoms with Crippen LogP contribution in [0, 0.1) is 5.92 Å². The van der Waals surface area contributed by atoms with Gasteiger partial charge in [0.2, 0.25) is 0 Å². The Kier molecular flexibility index (Phi) is 7.02. The van der Waals surface area contributed by atoms with Crippen LogP contribution < -0.4 is 10.1 Å². The van der Waals surface area contributed by atoms with Crippen molar-refractivity contribution in [1.82, 2.24) is 14.5 Å². The fourth-order valence-electron chi connectivity index (χ4n) is 4.54. The number of anilines is 1. The molecule has 0 unspecified atom stereocenters. The van der Waals surface area contributed by atoms with Gasteiger partial charge in [-0.2, -0.15) is 0 Å². The van der Waals surface area contributed by atoms with E-state index in [4.69, 9.17) is 26.1 Å². The molecule has 1 saturated heterocycles. The molecule has 0 aliphatic carbocycles. The minimum absolute atomic E-state index is 0.0210. The number of nitrogens with zero attached hydrogens (tertiary/aromatic N) is 3. The topological polar surface area (TPSA) is 68.6 Å². The molecule has 1 fully saturated rings. The molecule has 3 aromatic rings. The zero-order valence-corrected chi connectivity index (χ0v) is 19.8. The summed E-state index contributed by atoms with van der Waals surface area (Å²) in [7, 11) is 0. The first-order valence-electron chi connectivity index (χ1n) is 11.8. The molecule has 0 atom stereocenters. The number of benzene rings is 2. The van der Waals surface area contributed by atoms with Crippen molar-refractivity contribution in [3.63, 3.8) is 0 Å². The third-order valence-corrected chi connectivity index (χ3v) is 6.65. The maximum absolute atomic E-state index is 13.8. The monoisotopic (exact) mass is 480 g/mol. The Balaban J connectivity index is 1.44. The Morgan fingerprint density at radius 3 is 2.62 bits per heavy atom. The van der Waals surface area contributed by atoms with Gasteiger partial charge in [0.25, 0.3) is 5.91 Å². The normalized spacial score (nSPS) is 16.6. The van der Waals surface area contributed by atoms with Crippen LogP contribution in [-0.4, -0.2) is 53.2 Å². The van der Waals surface area contributed by atoms with Crippen molar-refractivity contribution in [2.24, 2.45) is 5.92 Å². The molecule has 178 valence electrons. The van der Waals surface area contributed by atoms with E-state index in [1.807, 2.05) is 39.8 Å².